The van der Waals surface area contributed by atoms with Crippen LogP contribution >= 0.6 is 39.7 Å². The van der Waals surface area contributed by atoms with E-state index in [1.165, 1.54) is 23.5 Å². The maximum Gasteiger partial charge on any atom is 0.260 e. The molecule has 0 unspecified atom stereocenters. The van der Waals surface area contributed by atoms with E-state index in [1.54, 1.807) is 17.0 Å². The van der Waals surface area contributed by atoms with Gasteiger partial charge >= 0.3 is 0 Å². The number of halogens is 2. The average Bonchev–Trinajstić information content (AvgIpc) is 3.03. The molecule has 1 heterocycles. The van der Waals surface area contributed by atoms with Crippen molar-refractivity contribution in [1.29, 1.82) is 0 Å². The average molecular weight is 519 g/mol. The number of fused-ring (bicyclic) bond motifs is 1. The summed E-state index contributed by atoms with van der Waals surface area (Å²) in [6.45, 7) is 1.15. The van der Waals surface area contributed by atoms with Crippen LogP contribution in [0, 0.1) is 0 Å². The third-order valence-corrected chi connectivity index (χ3v) is 6.78. The molecule has 0 saturated carbocycles. The molecule has 0 saturated heterocycles. The standard InChI is InChI=1S/C19H20BrN3O3S2.ClH/c1-22(2)10-11-23(19-21-16-9-6-14(20)12-17(16)27-19)18(24)13-4-7-15(8-5-13)28(3,25)26;/h4-9,12H,10-11H2,1-3H3;1H. The number of aromatic nitrogens is 1. The Morgan fingerprint density at radius 3 is 2.34 bits per heavy atom. The van der Waals surface area contributed by atoms with Gasteiger partial charge in [0.05, 0.1) is 15.1 Å². The summed E-state index contributed by atoms with van der Waals surface area (Å²) in [5, 5.41) is 0.618. The fourth-order valence-corrected chi connectivity index (χ4v) is 4.76. The van der Waals surface area contributed by atoms with Crippen molar-refractivity contribution in [2.24, 2.45) is 0 Å². The van der Waals surface area contributed by atoms with Crippen LogP contribution in [-0.4, -0.2) is 57.6 Å². The molecular formula is C19H21BrClN3O3S2. The second kappa shape index (κ2) is 9.53. The molecule has 3 rings (SSSR count). The number of benzene rings is 2. The molecule has 6 nitrogen and oxygen atoms in total. The number of amides is 1. The van der Waals surface area contributed by atoms with E-state index in [1.807, 2.05) is 37.2 Å². The van der Waals surface area contributed by atoms with E-state index in [0.717, 1.165) is 20.9 Å². The number of sulfone groups is 1. The highest BCUT2D eigenvalue weighted by atomic mass is 79.9. The Bertz CT molecular complexity index is 1120. The molecule has 0 bridgehead atoms. The molecule has 1 aromatic heterocycles. The van der Waals surface area contributed by atoms with Gasteiger partial charge in [-0.2, -0.15) is 0 Å². The molecule has 0 atom stereocenters. The first kappa shape index (κ1) is 23.8. The monoisotopic (exact) mass is 517 g/mol. The molecule has 2 aromatic carbocycles. The molecule has 0 aliphatic heterocycles. The van der Waals surface area contributed by atoms with E-state index in [4.69, 9.17) is 0 Å². The lowest BCUT2D eigenvalue weighted by Crippen LogP contribution is -2.36. The lowest BCUT2D eigenvalue weighted by atomic mass is 10.2. The zero-order valence-electron chi connectivity index (χ0n) is 16.1. The number of likely N-dealkylation sites (N-methyl/N-ethyl adjacent to an activating group) is 1. The smallest absolute Gasteiger partial charge is 0.260 e. The van der Waals surface area contributed by atoms with E-state index in [0.29, 0.717) is 23.8 Å². The van der Waals surface area contributed by atoms with E-state index in [9.17, 15) is 13.2 Å². The number of hydrogen-bond acceptors (Lipinski definition) is 6. The lowest BCUT2D eigenvalue weighted by Gasteiger charge is -2.22. The maximum atomic E-state index is 13.2. The van der Waals surface area contributed by atoms with Gasteiger partial charge in [-0.3, -0.25) is 9.69 Å². The first-order valence-electron chi connectivity index (χ1n) is 8.48. The van der Waals surface area contributed by atoms with Crippen LogP contribution < -0.4 is 4.90 Å². The molecule has 0 radical (unpaired) electrons. The van der Waals surface area contributed by atoms with Crippen molar-refractivity contribution < 1.29 is 13.2 Å². The summed E-state index contributed by atoms with van der Waals surface area (Å²) in [5.41, 5.74) is 1.25. The van der Waals surface area contributed by atoms with E-state index in [-0.39, 0.29) is 23.2 Å². The number of rotatable bonds is 6. The lowest BCUT2D eigenvalue weighted by molar-refractivity contribution is 0.0985. The summed E-state index contributed by atoms with van der Waals surface area (Å²) >= 11 is 4.91. The molecule has 0 N–H and O–H groups in total. The Morgan fingerprint density at radius 2 is 1.76 bits per heavy atom. The summed E-state index contributed by atoms with van der Waals surface area (Å²) in [6.07, 6.45) is 1.15. The van der Waals surface area contributed by atoms with Gasteiger partial charge in [-0.1, -0.05) is 27.3 Å². The normalized spacial score (nSPS) is 11.5. The van der Waals surface area contributed by atoms with Crippen molar-refractivity contribution in [3.05, 3.63) is 52.5 Å². The van der Waals surface area contributed by atoms with Gasteiger partial charge in [0.15, 0.2) is 15.0 Å². The number of nitrogens with zero attached hydrogens (tertiary/aromatic N) is 3. The van der Waals surface area contributed by atoms with E-state index < -0.39 is 9.84 Å². The molecule has 0 aliphatic carbocycles. The van der Waals surface area contributed by atoms with Gasteiger partial charge in [-0.25, -0.2) is 13.4 Å². The van der Waals surface area contributed by atoms with Gasteiger partial charge in [0, 0.05) is 29.4 Å². The van der Waals surface area contributed by atoms with Gasteiger partial charge in [0.2, 0.25) is 0 Å². The zero-order chi connectivity index (χ0) is 20.5. The van der Waals surface area contributed by atoms with Crippen LogP contribution in [0.5, 0.6) is 0 Å². The second-order valence-corrected chi connectivity index (χ2v) is 10.6. The summed E-state index contributed by atoms with van der Waals surface area (Å²) in [4.78, 5) is 21.6. The zero-order valence-corrected chi connectivity index (χ0v) is 20.2. The fourth-order valence-electron chi connectivity index (χ4n) is 2.59. The van der Waals surface area contributed by atoms with E-state index >= 15 is 0 Å². The highest BCUT2D eigenvalue weighted by Gasteiger charge is 2.22. The maximum absolute atomic E-state index is 13.2. The van der Waals surface area contributed by atoms with Crippen molar-refractivity contribution >= 4 is 70.8 Å². The third kappa shape index (κ3) is 5.76. The highest BCUT2D eigenvalue weighted by Crippen LogP contribution is 2.31. The summed E-state index contributed by atoms with van der Waals surface area (Å²) in [7, 11) is 0.580. The topological polar surface area (TPSA) is 70.6 Å². The second-order valence-electron chi connectivity index (χ2n) is 6.67. The summed E-state index contributed by atoms with van der Waals surface area (Å²) in [5.74, 6) is -0.208. The number of anilines is 1. The van der Waals surface area contributed by atoms with Gasteiger partial charge in [0.25, 0.3) is 5.91 Å². The number of thiazole rings is 1. The molecule has 1 amide bonds. The van der Waals surface area contributed by atoms with Gasteiger partial charge in [-0.05, 0) is 56.6 Å². The molecule has 0 aliphatic rings. The Hall–Kier alpha value is -1.52. The number of carbonyl (C=O) groups is 1. The SMILES string of the molecule is CN(C)CCN(C(=O)c1ccc(S(C)(=O)=O)cc1)c1nc2ccc(Br)cc2s1.Cl. The van der Waals surface area contributed by atoms with Crippen LogP contribution in [0.1, 0.15) is 10.4 Å². The first-order chi connectivity index (χ1) is 13.1. The quantitative estimate of drug-likeness (QED) is 0.491. The minimum atomic E-state index is -3.31. The van der Waals surface area contributed by atoms with Gasteiger partial charge < -0.3 is 4.90 Å². The van der Waals surface area contributed by atoms with Crippen LogP contribution in [0.4, 0.5) is 5.13 Å². The molecule has 156 valence electrons. The molecule has 29 heavy (non-hydrogen) atoms. The highest BCUT2D eigenvalue weighted by molar-refractivity contribution is 9.10. The molecular weight excluding hydrogens is 498 g/mol. The fraction of sp³-hybridized carbons (Fsp3) is 0.263. The van der Waals surface area contributed by atoms with Crippen molar-refractivity contribution in [1.82, 2.24) is 9.88 Å². The van der Waals surface area contributed by atoms with Crippen LogP contribution in [0.3, 0.4) is 0 Å². The van der Waals surface area contributed by atoms with Crippen LogP contribution in [0.2, 0.25) is 0 Å². The molecule has 0 fully saturated rings. The first-order valence-corrected chi connectivity index (χ1v) is 12.0. The van der Waals surface area contributed by atoms with Crippen molar-refractivity contribution in [3.63, 3.8) is 0 Å². The van der Waals surface area contributed by atoms with Crippen LogP contribution in [-0.2, 0) is 9.84 Å². The Labute approximate surface area is 189 Å². The predicted octanol–water partition coefficient (Wildman–Crippen LogP) is 4.09. The minimum Gasteiger partial charge on any atom is -0.308 e. The van der Waals surface area contributed by atoms with Crippen molar-refractivity contribution in [2.45, 2.75) is 4.90 Å². The van der Waals surface area contributed by atoms with Gasteiger partial charge in [-0.15, -0.1) is 12.4 Å². The summed E-state index contributed by atoms with van der Waals surface area (Å²) in [6, 6.07) is 11.8. The van der Waals surface area contributed by atoms with Crippen LogP contribution in [0.25, 0.3) is 10.2 Å². The largest absolute Gasteiger partial charge is 0.308 e. The Balaban J connectivity index is 0.00000300. The van der Waals surface area contributed by atoms with Crippen LogP contribution in [0.15, 0.2) is 51.8 Å². The third-order valence-electron chi connectivity index (χ3n) is 4.12. The van der Waals surface area contributed by atoms with Gasteiger partial charge in [0.1, 0.15) is 0 Å². The van der Waals surface area contributed by atoms with E-state index in [2.05, 4.69) is 20.9 Å². The molecule has 10 heteroatoms. The Morgan fingerprint density at radius 1 is 1.10 bits per heavy atom. The Kier molecular flexibility index (Phi) is 7.80. The van der Waals surface area contributed by atoms with Crippen molar-refractivity contribution in [2.75, 3.05) is 38.3 Å². The van der Waals surface area contributed by atoms with Crippen molar-refractivity contribution in [3.8, 4) is 0 Å². The number of carbonyl (C=O) groups excluding carboxylic acids is 1. The molecule has 3 aromatic rings. The summed E-state index contributed by atoms with van der Waals surface area (Å²) < 4.78 is 25.3. The minimum absolute atomic E-state index is 0. The number of hydrogen-bond donors (Lipinski definition) is 0. The molecule has 0 spiro atoms. The predicted molar refractivity (Wildman–Crippen MR) is 124 cm³/mol.